The van der Waals surface area contributed by atoms with E-state index >= 15 is 0 Å². The summed E-state index contributed by atoms with van der Waals surface area (Å²) in [5.41, 5.74) is -0.544. The number of hydrogen-bond donors (Lipinski definition) is 4. The van der Waals surface area contributed by atoms with Crippen LogP contribution in [0.25, 0.3) is 0 Å². The summed E-state index contributed by atoms with van der Waals surface area (Å²) in [5, 5.41) is 37.0. The number of aliphatic hydroxyl groups is 3. The first kappa shape index (κ1) is 23.9. The molecule has 9 atom stereocenters. The number of allylic oxidation sites excluding steroid dienone is 1. The summed E-state index contributed by atoms with van der Waals surface area (Å²) in [7, 11) is 0. The van der Waals surface area contributed by atoms with Crippen molar-refractivity contribution >= 4 is 5.91 Å². The number of benzene rings is 1. The molecule has 1 aromatic rings. The highest BCUT2D eigenvalue weighted by atomic mass is 16.3. The van der Waals surface area contributed by atoms with Crippen LogP contribution in [0.15, 0.2) is 66.8 Å². The van der Waals surface area contributed by atoms with Crippen molar-refractivity contribution in [3.63, 3.8) is 0 Å². The lowest BCUT2D eigenvalue weighted by molar-refractivity contribution is -0.147. The maximum atomic E-state index is 13.8. The van der Waals surface area contributed by atoms with Crippen LogP contribution in [0, 0.1) is 29.1 Å². The van der Waals surface area contributed by atoms with Crippen LogP contribution in [-0.2, 0) is 11.2 Å². The van der Waals surface area contributed by atoms with Gasteiger partial charge in [-0.15, -0.1) is 0 Å². The fraction of sp³-hybridized carbons (Fsp3) is 0.536. The molecule has 4 rings (SSSR count). The molecule has 1 amide bonds. The third kappa shape index (κ3) is 4.11. The van der Waals surface area contributed by atoms with E-state index in [9.17, 15) is 20.1 Å². The maximum Gasteiger partial charge on any atom is 0.230 e. The van der Waals surface area contributed by atoms with Crippen LogP contribution in [0.1, 0.15) is 39.2 Å². The first-order valence-corrected chi connectivity index (χ1v) is 12.1. The number of nitrogens with one attached hydrogen (secondary N) is 1. The molecule has 0 bridgehead atoms. The Bertz CT molecular complexity index is 952. The predicted molar refractivity (Wildman–Crippen MR) is 129 cm³/mol. The van der Waals surface area contributed by atoms with Crippen molar-refractivity contribution in [1.82, 2.24) is 5.32 Å². The summed E-state index contributed by atoms with van der Waals surface area (Å²) in [6, 6.07) is 9.80. The molecular formula is C28H37NO4. The number of rotatable bonds is 2. The third-order valence-electron chi connectivity index (χ3n) is 8.16. The van der Waals surface area contributed by atoms with Crippen molar-refractivity contribution in [1.29, 1.82) is 0 Å². The number of carbonyl (C=O) groups is 1. The van der Waals surface area contributed by atoms with Gasteiger partial charge in [0.05, 0.1) is 23.2 Å². The van der Waals surface area contributed by atoms with E-state index in [1.54, 1.807) is 19.1 Å². The zero-order valence-electron chi connectivity index (χ0n) is 19.8. The highest BCUT2D eigenvalue weighted by molar-refractivity contribution is 5.88. The summed E-state index contributed by atoms with van der Waals surface area (Å²) in [5.74, 6) is -1.09. The Morgan fingerprint density at radius 2 is 1.85 bits per heavy atom. The van der Waals surface area contributed by atoms with Gasteiger partial charge in [0.25, 0.3) is 0 Å². The summed E-state index contributed by atoms with van der Waals surface area (Å²) in [6.45, 7) is 10.00. The van der Waals surface area contributed by atoms with E-state index in [1.807, 2.05) is 49.4 Å². The Morgan fingerprint density at radius 3 is 2.55 bits per heavy atom. The van der Waals surface area contributed by atoms with Crippen molar-refractivity contribution in [3.05, 3.63) is 72.4 Å². The van der Waals surface area contributed by atoms with Gasteiger partial charge in [-0.2, -0.15) is 0 Å². The summed E-state index contributed by atoms with van der Waals surface area (Å²) < 4.78 is 0. The third-order valence-corrected chi connectivity index (χ3v) is 8.16. The Balaban J connectivity index is 1.85. The van der Waals surface area contributed by atoms with E-state index in [0.717, 1.165) is 5.56 Å². The second-order valence-electron chi connectivity index (χ2n) is 10.7. The first-order valence-electron chi connectivity index (χ1n) is 12.1. The van der Waals surface area contributed by atoms with Crippen LogP contribution in [0.3, 0.4) is 0 Å². The minimum atomic E-state index is -1.25. The molecule has 0 aromatic heterocycles. The highest BCUT2D eigenvalue weighted by Gasteiger charge is 2.67. The van der Waals surface area contributed by atoms with Crippen LogP contribution < -0.4 is 5.32 Å². The molecule has 3 aliphatic rings. The van der Waals surface area contributed by atoms with Crippen LogP contribution in [0.5, 0.6) is 0 Å². The van der Waals surface area contributed by atoms with Crippen molar-refractivity contribution in [2.45, 2.75) is 63.9 Å². The number of carbonyl (C=O) groups excluding carboxylic acids is 1. The monoisotopic (exact) mass is 451 g/mol. The van der Waals surface area contributed by atoms with Crippen LogP contribution in [-0.4, -0.2) is 45.1 Å². The van der Waals surface area contributed by atoms with Gasteiger partial charge < -0.3 is 20.6 Å². The lowest BCUT2D eigenvalue weighted by atomic mass is 9.51. The number of hydrogen-bond acceptors (Lipinski definition) is 4. The smallest absolute Gasteiger partial charge is 0.230 e. The Hall–Kier alpha value is -2.21. The van der Waals surface area contributed by atoms with Crippen LogP contribution >= 0.6 is 0 Å². The first-order chi connectivity index (χ1) is 15.6. The lowest BCUT2D eigenvalue weighted by Crippen LogP contribution is -2.59. The summed E-state index contributed by atoms with van der Waals surface area (Å²) >= 11 is 0. The van der Waals surface area contributed by atoms with E-state index in [0.29, 0.717) is 24.8 Å². The van der Waals surface area contributed by atoms with Gasteiger partial charge in [-0.25, -0.2) is 0 Å². The van der Waals surface area contributed by atoms with Crippen molar-refractivity contribution < 1.29 is 20.1 Å². The second kappa shape index (κ2) is 8.86. The molecule has 0 radical (unpaired) electrons. The molecule has 9 unspecified atom stereocenters. The topological polar surface area (TPSA) is 89.8 Å². The molecule has 33 heavy (non-hydrogen) atoms. The maximum absolute atomic E-state index is 13.8. The predicted octanol–water partition coefficient (Wildman–Crippen LogP) is 3.17. The molecular weight excluding hydrogens is 414 g/mol. The molecule has 1 aliphatic heterocycles. The minimum absolute atomic E-state index is 0.176. The molecule has 1 saturated carbocycles. The standard InChI is InChI=1S/C28H37NO4/c1-17-9-8-12-21-25(31)19(3)18(2)24-22(15-20-10-6-5-7-11-20)29-26(32)28(21,24)23(30)13-14-27(4,33)16-17/h5-8,10-14,17-18,21-25,30-31,33H,3,9,15-16H2,1-2,4H3,(H,29,32)/b12-8-,14-13-. The van der Waals surface area contributed by atoms with Crippen molar-refractivity contribution in [2.24, 2.45) is 29.1 Å². The normalized spacial score (nSPS) is 45.3. The quantitative estimate of drug-likeness (QED) is 0.520. The van der Waals surface area contributed by atoms with Gasteiger partial charge in [0, 0.05) is 17.9 Å². The zero-order chi connectivity index (χ0) is 24.0. The molecule has 5 nitrogen and oxygen atoms in total. The average molecular weight is 452 g/mol. The fourth-order valence-corrected chi connectivity index (χ4v) is 6.61. The molecule has 1 heterocycles. The van der Waals surface area contributed by atoms with E-state index < -0.39 is 29.1 Å². The zero-order valence-corrected chi connectivity index (χ0v) is 19.8. The number of aliphatic hydroxyl groups excluding tert-OH is 2. The summed E-state index contributed by atoms with van der Waals surface area (Å²) in [6.07, 6.45) is 6.88. The molecule has 1 spiro atoms. The minimum Gasteiger partial charge on any atom is -0.388 e. The van der Waals surface area contributed by atoms with E-state index in [1.165, 1.54) is 0 Å². The molecule has 4 N–H and O–H groups in total. The van der Waals surface area contributed by atoms with Crippen molar-refractivity contribution in [2.75, 3.05) is 0 Å². The van der Waals surface area contributed by atoms with Gasteiger partial charge in [-0.05, 0) is 49.2 Å². The lowest BCUT2D eigenvalue weighted by Gasteiger charge is -2.51. The van der Waals surface area contributed by atoms with E-state index in [4.69, 9.17) is 0 Å². The summed E-state index contributed by atoms with van der Waals surface area (Å²) in [4.78, 5) is 13.8. The van der Waals surface area contributed by atoms with Crippen molar-refractivity contribution in [3.8, 4) is 0 Å². The fourth-order valence-electron chi connectivity index (χ4n) is 6.61. The second-order valence-corrected chi connectivity index (χ2v) is 10.7. The highest BCUT2D eigenvalue weighted by Crippen LogP contribution is 2.57. The van der Waals surface area contributed by atoms with Gasteiger partial charge in [0.2, 0.25) is 5.91 Å². The molecule has 1 saturated heterocycles. The van der Waals surface area contributed by atoms with E-state index in [2.05, 4.69) is 18.8 Å². The van der Waals surface area contributed by atoms with Gasteiger partial charge in [0.1, 0.15) is 0 Å². The molecule has 2 fully saturated rings. The van der Waals surface area contributed by atoms with Crippen LogP contribution in [0.4, 0.5) is 0 Å². The van der Waals surface area contributed by atoms with Gasteiger partial charge in [-0.3, -0.25) is 4.79 Å². The Labute approximate surface area is 196 Å². The number of amides is 1. The Morgan fingerprint density at radius 1 is 1.15 bits per heavy atom. The molecule has 5 heteroatoms. The van der Waals surface area contributed by atoms with Crippen LogP contribution in [0.2, 0.25) is 0 Å². The van der Waals surface area contributed by atoms with Gasteiger partial charge in [0.15, 0.2) is 0 Å². The average Bonchev–Trinajstić information content (AvgIpc) is 3.04. The van der Waals surface area contributed by atoms with Gasteiger partial charge in [-0.1, -0.05) is 75.1 Å². The SMILES string of the molecule is C=C1C(C)C2C(Cc3ccccc3)NC(=O)C23C(O)/C=C\C(C)(O)CC(C)C/C=C\C3C1O. The molecule has 2 aliphatic carbocycles. The molecule has 178 valence electrons. The largest absolute Gasteiger partial charge is 0.388 e. The van der Waals surface area contributed by atoms with Gasteiger partial charge >= 0.3 is 0 Å². The molecule has 1 aromatic carbocycles. The van der Waals surface area contributed by atoms with E-state index in [-0.39, 0.29) is 29.7 Å². The Kier molecular flexibility index (Phi) is 6.43.